The Morgan fingerprint density at radius 1 is 0.727 bits per heavy atom. The third-order valence-electron chi connectivity index (χ3n) is 6.70. The van der Waals surface area contributed by atoms with Gasteiger partial charge in [-0.05, 0) is 53.4 Å². The minimum Gasteiger partial charge on any atom is -0.289 e. The Balaban J connectivity index is 0.00000228. The third kappa shape index (κ3) is 3.88. The van der Waals surface area contributed by atoms with E-state index in [0.717, 1.165) is 10.5 Å². The molecule has 5 aromatic rings. The zero-order valence-corrected chi connectivity index (χ0v) is 20.8. The van der Waals surface area contributed by atoms with Gasteiger partial charge in [0, 0.05) is 22.2 Å². The molecule has 4 aromatic carbocycles. The van der Waals surface area contributed by atoms with Crippen LogP contribution in [0, 0.1) is 0 Å². The van der Waals surface area contributed by atoms with Crippen molar-refractivity contribution in [2.24, 2.45) is 4.99 Å². The van der Waals surface area contributed by atoms with Gasteiger partial charge in [-0.15, -0.1) is 28.3 Å². The number of rotatable bonds is 4. The fraction of sp³-hybridized carbons (Fsp3) is 0.138. The topological polar surface area (TPSA) is 17.3 Å². The number of para-hydroxylation sites is 2. The molecule has 0 aliphatic heterocycles. The molecule has 0 saturated heterocycles. The van der Waals surface area contributed by atoms with Crippen LogP contribution in [0.5, 0.6) is 0 Å². The Bertz CT molecular complexity index is 1450. The maximum absolute atomic E-state index is 5.04. The summed E-state index contributed by atoms with van der Waals surface area (Å²) in [5.41, 5.74) is 4.95. The predicted molar refractivity (Wildman–Crippen MR) is 144 cm³/mol. The van der Waals surface area contributed by atoms with Gasteiger partial charge in [-0.25, -0.2) is 4.99 Å². The molecule has 1 aliphatic rings. The zero-order chi connectivity index (χ0) is 21.4. The van der Waals surface area contributed by atoms with Gasteiger partial charge in [0.05, 0.1) is 5.69 Å². The van der Waals surface area contributed by atoms with Gasteiger partial charge < -0.3 is 0 Å². The lowest BCUT2D eigenvalue weighted by molar-refractivity contribution is 0.290. The van der Waals surface area contributed by atoms with Crippen molar-refractivity contribution in [1.82, 2.24) is 4.57 Å². The van der Waals surface area contributed by atoms with Crippen LogP contribution in [-0.2, 0) is 5.41 Å². The van der Waals surface area contributed by atoms with Gasteiger partial charge in [-0.3, -0.25) is 4.57 Å². The van der Waals surface area contributed by atoms with E-state index >= 15 is 0 Å². The number of hydrogen-bond acceptors (Lipinski definition) is 2. The second-order valence-corrected chi connectivity index (χ2v) is 9.36. The van der Waals surface area contributed by atoms with Gasteiger partial charge in [0.15, 0.2) is 4.80 Å². The first-order valence-corrected chi connectivity index (χ1v) is 12.1. The summed E-state index contributed by atoms with van der Waals surface area (Å²) >= 11 is 1.74. The summed E-state index contributed by atoms with van der Waals surface area (Å²) in [6.07, 6.45) is 3.59. The van der Waals surface area contributed by atoms with E-state index in [-0.39, 0.29) is 22.4 Å². The lowest BCUT2D eigenvalue weighted by Crippen LogP contribution is -2.38. The molecule has 164 valence electrons. The molecule has 1 saturated carbocycles. The van der Waals surface area contributed by atoms with Crippen LogP contribution in [0.3, 0.4) is 0 Å². The summed E-state index contributed by atoms with van der Waals surface area (Å²) in [5, 5.41) is 4.95. The van der Waals surface area contributed by atoms with Gasteiger partial charge in [-0.2, -0.15) is 0 Å². The molecule has 1 fully saturated rings. The molecule has 33 heavy (non-hydrogen) atoms. The van der Waals surface area contributed by atoms with E-state index in [2.05, 4.69) is 94.9 Å². The first-order chi connectivity index (χ1) is 15.8. The standard InChI is InChI=1S/C29H24N2S.BrH/c1-3-12-25(13-4-1)30-28-31(26-14-5-2-6-15-26)27(21-32-28)29(18-9-19-29)24-17-16-22-10-7-8-11-23(22)20-24;/h1-8,10-17,20-21H,9,18-19H2;1H/b30-28+;. The van der Waals surface area contributed by atoms with Crippen molar-refractivity contribution in [3.8, 4) is 5.69 Å². The zero-order valence-electron chi connectivity index (χ0n) is 18.2. The van der Waals surface area contributed by atoms with Crippen LogP contribution in [0.25, 0.3) is 16.5 Å². The summed E-state index contributed by atoms with van der Waals surface area (Å²) < 4.78 is 2.38. The Morgan fingerprint density at radius 3 is 2.09 bits per heavy atom. The molecule has 2 nitrogen and oxygen atoms in total. The minimum absolute atomic E-state index is 0. The molecule has 0 amide bonds. The lowest BCUT2D eigenvalue weighted by Gasteiger charge is -2.43. The Labute approximate surface area is 208 Å². The average molecular weight is 514 g/mol. The van der Waals surface area contributed by atoms with Gasteiger partial charge in [0.25, 0.3) is 0 Å². The van der Waals surface area contributed by atoms with Crippen molar-refractivity contribution in [2.45, 2.75) is 24.7 Å². The van der Waals surface area contributed by atoms with Crippen molar-refractivity contribution in [3.05, 3.63) is 125 Å². The maximum Gasteiger partial charge on any atom is 0.194 e. The van der Waals surface area contributed by atoms with Crippen molar-refractivity contribution in [1.29, 1.82) is 0 Å². The largest absolute Gasteiger partial charge is 0.289 e. The summed E-state index contributed by atoms with van der Waals surface area (Å²) in [5.74, 6) is 0. The second-order valence-electron chi connectivity index (χ2n) is 8.52. The number of hydrogen-bond donors (Lipinski definition) is 0. The third-order valence-corrected chi connectivity index (χ3v) is 7.53. The molecule has 0 N–H and O–H groups in total. The van der Waals surface area contributed by atoms with Crippen LogP contribution < -0.4 is 4.80 Å². The highest BCUT2D eigenvalue weighted by molar-refractivity contribution is 8.93. The van der Waals surface area contributed by atoms with Crippen LogP contribution in [-0.4, -0.2) is 4.57 Å². The molecule has 0 bridgehead atoms. The molecule has 1 aliphatic carbocycles. The van der Waals surface area contributed by atoms with Gasteiger partial charge in [-0.1, -0.05) is 85.3 Å². The number of aromatic nitrogens is 1. The number of thiazole rings is 1. The van der Waals surface area contributed by atoms with E-state index < -0.39 is 0 Å². The lowest BCUT2D eigenvalue weighted by atomic mass is 9.62. The highest BCUT2D eigenvalue weighted by Gasteiger charge is 2.43. The van der Waals surface area contributed by atoms with Crippen molar-refractivity contribution < 1.29 is 0 Å². The second kappa shape index (κ2) is 9.12. The quantitative estimate of drug-likeness (QED) is 0.232. The van der Waals surface area contributed by atoms with E-state index in [1.165, 1.54) is 47.0 Å². The molecule has 0 unspecified atom stereocenters. The van der Waals surface area contributed by atoms with Crippen molar-refractivity contribution in [3.63, 3.8) is 0 Å². The average Bonchev–Trinajstić information content (AvgIpc) is 3.23. The smallest absolute Gasteiger partial charge is 0.194 e. The molecule has 0 radical (unpaired) electrons. The summed E-state index contributed by atoms with van der Waals surface area (Å²) in [6.45, 7) is 0. The molecular weight excluding hydrogens is 488 g/mol. The van der Waals surface area contributed by atoms with E-state index in [1.54, 1.807) is 11.3 Å². The molecule has 0 atom stereocenters. The first-order valence-electron chi connectivity index (χ1n) is 11.2. The maximum atomic E-state index is 5.04. The van der Waals surface area contributed by atoms with E-state index in [0.29, 0.717) is 0 Å². The number of benzene rings is 4. The van der Waals surface area contributed by atoms with Crippen LogP contribution in [0.15, 0.2) is 114 Å². The Hall–Kier alpha value is -2.95. The number of fused-ring (bicyclic) bond motifs is 1. The fourth-order valence-corrected chi connectivity index (χ4v) is 5.89. The Kier molecular flexibility index (Phi) is 6.05. The molecule has 4 heteroatoms. The highest BCUT2D eigenvalue weighted by Crippen LogP contribution is 2.50. The van der Waals surface area contributed by atoms with E-state index in [1.807, 2.05) is 18.2 Å². The van der Waals surface area contributed by atoms with Crippen LogP contribution >= 0.6 is 28.3 Å². The Morgan fingerprint density at radius 2 is 1.39 bits per heavy atom. The van der Waals surface area contributed by atoms with E-state index in [9.17, 15) is 0 Å². The van der Waals surface area contributed by atoms with Crippen LogP contribution in [0.2, 0.25) is 0 Å². The van der Waals surface area contributed by atoms with Gasteiger partial charge >= 0.3 is 0 Å². The SMILES string of the molecule is Br.c1ccc(/N=c2/scc(C3(c4ccc5ccccc5c4)CCC3)n2-c2ccccc2)cc1. The van der Waals surface area contributed by atoms with Gasteiger partial charge in [0.1, 0.15) is 0 Å². The number of halogens is 1. The molecular formula is C29H25BrN2S. The summed E-state index contributed by atoms with van der Waals surface area (Å²) in [4.78, 5) is 6.05. The van der Waals surface area contributed by atoms with E-state index in [4.69, 9.17) is 4.99 Å². The monoisotopic (exact) mass is 512 g/mol. The molecule has 6 rings (SSSR count). The molecule has 1 aromatic heterocycles. The number of nitrogens with zero attached hydrogens (tertiary/aromatic N) is 2. The summed E-state index contributed by atoms with van der Waals surface area (Å²) in [7, 11) is 0. The fourth-order valence-electron chi connectivity index (χ4n) is 4.87. The summed E-state index contributed by atoms with van der Waals surface area (Å²) in [6, 6.07) is 36.6. The predicted octanol–water partition coefficient (Wildman–Crippen LogP) is 7.97. The van der Waals surface area contributed by atoms with Crippen molar-refractivity contribution in [2.75, 3.05) is 0 Å². The normalized spacial score (nSPS) is 15.1. The van der Waals surface area contributed by atoms with Crippen molar-refractivity contribution >= 4 is 44.8 Å². The molecule has 1 heterocycles. The van der Waals surface area contributed by atoms with Gasteiger partial charge in [0.2, 0.25) is 0 Å². The highest BCUT2D eigenvalue weighted by atomic mass is 79.9. The molecule has 0 spiro atoms. The minimum atomic E-state index is 0. The van der Waals surface area contributed by atoms with Crippen LogP contribution in [0.4, 0.5) is 5.69 Å². The van der Waals surface area contributed by atoms with Crippen LogP contribution in [0.1, 0.15) is 30.5 Å². The first kappa shape index (κ1) is 21.9.